The molecule has 0 spiro atoms. The Labute approximate surface area is 136 Å². The summed E-state index contributed by atoms with van der Waals surface area (Å²) < 4.78 is 6.20. The Kier molecular flexibility index (Phi) is 4.08. The highest BCUT2D eigenvalue weighted by molar-refractivity contribution is 14.1. The molecule has 0 aliphatic carbocycles. The number of nitrogens with zero attached hydrogens (tertiary/aromatic N) is 2. The second-order valence-corrected chi connectivity index (χ2v) is 6.45. The number of aromatic nitrogens is 2. The van der Waals surface area contributed by atoms with Crippen molar-refractivity contribution in [1.82, 2.24) is 15.3 Å². The molecule has 1 aromatic heterocycles. The van der Waals surface area contributed by atoms with Gasteiger partial charge < -0.3 is 10.1 Å². The molecule has 1 aliphatic rings. The average molecular weight is 397 g/mol. The van der Waals surface area contributed by atoms with E-state index in [1.807, 2.05) is 18.2 Å². The number of rotatable bonds is 2. The van der Waals surface area contributed by atoms with Gasteiger partial charge in [0.25, 0.3) is 0 Å². The summed E-state index contributed by atoms with van der Waals surface area (Å²) in [5.74, 6) is -0.206. The standard InChI is InChI=1S/C15H16IN3O2/c1-21-14(20)15(4-6-17-7-5-15)13-11-8-10(16)2-3-12(11)18-9-19-13/h2-3,8-9,17H,4-7H2,1H3. The van der Waals surface area contributed by atoms with E-state index < -0.39 is 5.41 Å². The summed E-state index contributed by atoms with van der Waals surface area (Å²) in [6.45, 7) is 1.56. The SMILES string of the molecule is COC(=O)C1(c2ncnc3ccc(I)cc23)CCNCC1. The van der Waals surface area contributed by atoms with Gasteiger partial charge in [0.2, 0.25) is 0 Å². The number of benzene rings is 1. The molecule has 2 heterocycles. The fourth-order valence-corrected chi connectivity index (χ4v) is 3.49. The minimum absolute atomic E-state index is 0.206. The molecule has 0 amide bonds. The molecule has 2 aromatic rings. The van der Waals surface area contributed by atoms with Crippen LogP contribution < -0.4 is 5.32 Å². The number of hydrogen-bond acceptors (Lipinski definition) is 5. The van der Waals surface area contributed by atoms with Crippen molar-refractivity contribution < 1.29 is 9.53 Å². The summed E-state index contributed by atoms with van der Waals surface area (Å²) in [7, 11) is 1.44. The monoisotopic (exact) mass is 397 g/mol. The lowest BCUT2D eigenvalue weighted by molar-refractivity contribution is -0.148. The molecule has 0 bridgehead atoms. The quantitative estimate of drug-likeness (QED) is 0.621. The molecule has 1 fully saturated rings. The molecule has 1 aromatic carbocycles. The molecule has 5 nitrogen and oxygen atoms in total. The third-order valence-electron chi connectivity index (χ3n) is 4.08. The van der Waals surface area contributed by atoms with E-state index >= 15 is 0 Å². The number of fused-ring (bicyclic) bond motifs is 1. The van der Waals surface area contributed by atoms with Crippen molar-refractivity contribution in [3.8, 4) is 0 Å². The van der Waals surface area contributed by atoms with E-state index in [9.17, 15) is 4.79 Å². The topological polar surface area (TPSA) is 64.1 Å². The number of carbonyl (C=O) groups excluding carboxylic acids is 1. The Morgan fingerprint density at radius 3 is 2.81 bits per heavy atom. The van der Waals surface area contributed by atoms with Crippen LogP contribution in [0.4, 0.5) is 0 Å². The normalized spacial score (nSPS) is 17.6. The van der Waals surface area contributed by atoms with E-state index in [0.717, 1.165) is 33.3 Å². The van der Waals surface area contributed by atoms with Gasteiger partial charge in [0, 0.05) is 8.96 Å². The minimum atomic E-state index is -0.675. The summed E-state index contributed by atoms with van der Waals surface area (Å²) in [4.78, 5) is 21.3. The molecular weight excluding hydrogens is 381 g/mol. The van der Waals surface area contributed by atoms with Crippen molar-refractivity contribution in [3.63, 3.8) is 0 Å². The first-order chi connectivity index (χ1) is 10.2. The van der Waals surface area contributed by atoms with Crippen LogP contribution in [0.5, 0.6) is 0 Å². The van der Waals surface area contributed by atoms with Crippen LogP contribution in [0.3, 0.4) is 0 Å². The Hall–Kier alpha value is -1.28. The van der Waals surface area contributed by atoms with Gasteiger partial charge in [0.15, 0.2) is 0 Å². The van der Waals surface area contributed by atoms with Gasteiger partial charge in [-0.05, 0) is 66.7 Å². The van der Waals surface area contributed by atoms with Crippen LogP contribution in [0.15, 0.2) is 24.5 Å². The molecule has 1 saturated heterocycles. The van der Waals surface area contributed by atoms with E-state index in [-0.39, 0.29) is 5.97 Å². The second kappa shape index (κ2) is 5.84. The number of methoxy groups -OCH3 is 1. The van der Waals surface area contributed by atoms with Gasteiger partial charge in [0.05, 0.1) is 18.3 Å². The van der Waals surface area contributed by atoms with Gasteiger partial charge >= 0.3 is 5.97 Å². The lowest BCUT2D eigenvalue weighted by Crippen LogP contribution is -2.46. The third kappa shape index (κ3) is 2.50. The molecule has 0 atom stereocenters. The summed E-state index contributed by atoms with van der Waals surface area (Å²) in [6, 6.07) is 6.01. The minimum Gasteiger partial charge on any atom is -0.468 e. The van der Waals surface area contributed by atoms with Gasteiger partial charge in [-0.25, -0.2) is 9.97 Å². The van der Waals surface area contributed by atoms with Crippen LogP contribution in [0.2, 0.25) is 0 Å². The molecule has 1 aliphatic heterocycles. The van der Waals surface area contributed by atoms with E-state index in [4.69, 9.17) is 4.74 Å². The summed E-state index contributed by atoms with van der Waals surface area (Å²) in [5.41, 5.74) is 0.979. The fourth-order valence-electron chi connectivity index (χ4n) is 3.00. The molecule has 0 radical (unpaired) electrons. The lowest BCUT2D eigenvalue weighted by atomic mass is 9.74. The van der Waals surface area contributed by atoms with Crippen molar-refractivity contribution >= 4 is 39.5 Å². The number of ether oxygens (including phenoxy) is 1. The predicted octanol–water partition coefficient (Wildman–Crippen LogP) is 2.03. The molecule has 21 heavy (non-hydrogen) atoms. The highest BCUT2D eigenvalue weighted by atomic mass is 127. The number of halogens is 1. The van der Waals surface area contributed by atoms with Gasteiger partial charge in [-0.15, -0.1) is 0 Å². The smallest absolute Gasteiger partial charge is 0.318 e. The first-order valence-electron chi connectivity index (χ1n) is 6.87. The molecule has 1 N–H and O–H groups in total. The molecular formula is C15H16IN3O2. The Morgan fingerprint density at radius 1 is 1.33 bits per heavy atom. The van der Waals surface area contributed by atoms with Crippen LogP contribution >= 0.6 is 22.6 Å². The van der Waals surface area contributed by atoms with Crippen molar-refractivity contribution in [2.24, 2.45) is 0 Å². The lowest BCUT2D eigenvalue weighted by Gasteiger charge is -2.34. The summed E-state index contributed by atoms with van der Waals surface area (Å²) >= 11 is 2.26. The maximum absolute atomic E-state index is 12.5. The zero-order chi connectivity index (χ0) is 14.9. The second-order valence-electron chi connectivity index (χ2n) is 5.21. The predicted molar refractivity (Wildman–Crippen MR) is 88.1 cm³/mol. The number of nitrogens with one attached hydrogen (secondary N) is 1. The van der Waals surface area contributed by atoms with Crippen molar-refractivity contribution in [2.45, 2.75) is 18.3 Å². The largest absolute Gasteiger partial charge is 0.468 e. The third-order valence-corrected chi connectivity index (χ3v) is 4.75. The molecule has 0 unspecified atom stereocenters. The first kappa shape index (κ1) is 14.6. The van der Waals surface area contributed by atoms with E-state index in [1.54, 1.807) is 0 Å². The Balaban J connectivity index is 2.24. The number of carbonyl (C=O) groups is 1. The molecule has 6 heteroatoms. The van der Waals surface area contributed by atoms with Gasteiger partial charge in [-0.1, -0.05) is 0 Å². The Bertz CT molecular complexity index is 684. The van der Waals surface area contributed by atoms with Crippen LogP contribution in [0.25, 0.3) is 10.9 Å². The maximum atomic E-state index is 12.5. The molecule has 3 rings (SSSR count). The highest BCUT2D eigenvalue weighted by Crippen LogP contribution is 2.37. The average Bonchev–Trinajstić information content (AvgIpc) is 2.54. The summed E-state index contributed by atoms with van der Waals surface area (Å²) in [5, 5.41) is 4.24. The zero-order valence-electron chi connectivity index (χ0n) is 11.7. The molecule has 0 saturated carbocycles. The van der Waals surface area contributed by atoms with Crippen molar-refractivity contribution in [1.29, 1.82) is 0 Å². The van der Waals surface area contributed by atoms with E-state index in [2.05, 4.69) is 37.9 Å². The fraction of sp³-hybridized carbons (Fsp3) is 0.400. The first-order valence-corrected chi connectivity index (χ1v) is 7.95. The summed E-state index contributed by atoms with van der Waals surface area (Å²) in [6.07, 6.45) is 2.92. The van der Waals surface area contributed by atoms with Crippen molar-refractivity contribution in [3.05, 3.63) is 33.8 Å². The maximum Gasteiger partial charge on any atom is 0.318 e. The van der Waals surface area contributed by atoms with Gasteiger partial charge in [-0.2, -0.15) is 0 Å². The van der Waals surface area contributed by atoms with E-state index in [0.29, 0.717) is 12.8 Å². The van der Waals surface area contributed by atoms with Gasteiger partial charge in [0.1, 0.15) is 11.7 Å². The number of esters is 1. The highest BCUT2D eigenvalue weighted by Gasteiger charge is 2.44. The van der Waals surface area contributed by atoms with Gasteiger partial charge in [-0.3, -0.25) is 4.79 Å². The molecule has 110 valence electrons. The zero-order valence-corrected chi connectivity index (χ0v) is 13.9. The van der Waals surface area contributed by atoms with Crippen LogP contribution in [0, 0.1) is 3.57 Å². The van der Waals surface area contributed by atoms with Crippen LogP contribution in [-0.4, -0.2) is 36.1 Å². The van der Waals surface area contributed by atoms with Crippen LogP contribution in [0.1, 0.15) is 18.5 Å². The van der Waals surface area contributed by atoms with Crippen LogP contribution in [-0.2, 0) is 14.9 Å². The Morgan fingerprint density at radius 2 is 2.10 bits per heavy atom. The number of hydrogen-bond donors (Lipinski definition) is 1. The number of piperidine rings is 1. The van der Waals surface area contributed by atoms with E-state index in [1.165, 1.54) is 13.4 Å². The van der Waals surface area contributed by atoms with Crippen molar-refractivity contribution in [2.75, 3.05) is 20.2 Å².